The van der Waals surface area contributed by atoms with Crippen LogP contribution in [0.3, 0.4) is 0 Å². The highest BCUT2D eigenvalue weighted by molar-refractivity contribution is 7.91. The molecule has 270 valence electrons. The van der Waals surface area contributed by atoms with Crippen LogP contribution in [0.2, 0.25) is 0 Å². The third-order valence-electron chi connectivity index (χ3n) is 11.4. The predicted molar refractivity (Wildman–Crippen MR) is 229 cm³/mol. The number of hydrogen-bond acceptors (Lipinski definition) is 3. The first-order valence-corrected chi connectivity index (χ1v) is 20.4. The van der Waals surface area contributed by atoms with Gasteiger partial charge >= 0.3 is 0 Å². The zero-order valence-electron chi connectivity index (χ0n) is 30.5. The van der Waals surface area contributed by atoms with Gasteiger partial charge in [-0.3, -0.25) is 0 Å². The number of nitriles is 1. The number of hydrogen-bond donors (Lipinski definition) is 0. The van der Waals surface area contributed by atoms with Crippen LogP contribution in [0.4, 0.5) is 0 Å². The molecule has 3 heterocycles. The number of aromatic nitrogens is 3. The Morgan fingerprint density at radius 1 is 0.491 bits per heavy atom. The lowest BCUT2D eigenvalue weighted by Gasteiger charge is -2.14. The van der Waals surface area contributed by atoms with Crippen LogP contribution in [0, 0.1) is 11.3 Å². The van der Waals surface area contributed by atoms with Gasteiger partial charge in [0.15, 0.2) is 0 Å². The zero-order valence-corrected chi connectivity index (χ0v) is 31.4. The van der Waals surface area contributed by atoms with Crippen LogP contribution in [0.1, 0.15) is 28.1 Å². The van der Waals surface area contributed by atoms with Gasteiger partial charge in [0, 0.05) is 56.3 Å². The van der Waals surface area contributed by atoms with Gasteiger partial charge in [-0.2, -0.15) is 5.26 Å². The molecule has 57 heavy (non-hydrogen) atoms. The van der Waals surface area contributed by atoms with E-state index in [0.29, 0.717) is 12.0 Å². The number of fused-ring (bicyclic) bond motifs is 10. The molecule has 10 aromatic rings. The van der Waals surface area contributed by atoms with Gasteiger partial charge in [0.1, 0.15) is 0 Å². The van der Waals surface area contributed by atoms with E-state index in [-0.39, 0.29) is 9.79 Å². The van der Waals surface area contributed by atoms with Crippen LogP contribution in [0.25, 0.3) is 72.8 Å². The van der Waals surface area contributed by atoms with Crippen molar-refractivity contribution in [3.8, 4) is 23.1 Å². The average Bonchev–Trinajstić information content (AvgIpc) is 3.83. The summed E-state index contributed by atoms with van der Waals surface area (Å²) >= 11 is 0. The number of benzene rings is 7. The van der Waals surface area contributed by atoms with Crippen LogP contribution in [0.5, 0.6) is 0 Å². The molecular formula is C50H32N4O2S. The summed E-state index contributed by atoms with van der Waals surface area (Å²) in [5, 5.41) is 13.9. The highest BCUT2D eigenvalue weighted by Gasteiger charge is 2.28. The molecule has 7 aromatic carbocycles. The predicted octanol–water partition coefficient (Wildman–Crippen LogP) is 11.5. The van der Waals surface area contributed by atoms with E-state index >= 15 is 0 Å². The Morgan fingerprint density at radius 3 is 1.72 bits per heavy atom. The van der Waals surface area contributed by atoms with Crippen molar-refractivity contribution < 1.29 is 8.42 Å². The van der Waals surface area contributed by atoms with Crippen molar-refractivity contribution >= 4 is 65.6 Å². The third kappa shape index (κ3) is 4.91. The smallest absolute Gasteiger partial charge is 0.206 e. The summed E-state index contributed by atoms with van der Waals surface area (Å²) in [5.41, 5.74) is 12.5. The summed E-state index contributed by atoms with van der Waals surface area (Å²) in [4.78, 5) is 0.342. The van der Waals surface area contributed by atoms with Crippen molar-refractivity contribution in [3.05, 3.63) is 198 Å². The standard InChI is InChI=1S/C50H32N4O2S/c51-32-33-19-23-37(24-20-33)57(55,56)38-25-21-36(22-26-38)54-48-31-43-39-15-7-9-17-44(39)52(34-11-3-1-4-12-34)46(43)29-27-40(48)41-28-30-47-49(50(41)54)42-16-8-10-18-45(42)53(47)35-13-5-2-6-14-35/h1-30H,31H2. The molecule has 3 aromatic heterocycles. The first-order chi connectivity index (χ1) is 28.0. The molecule has 0 bridgehead atoms. The molecule has 0 aliphatic heterocycles. The van der Waals surface area contributed by atoms with E-state index < -0.39 is 9.84 Å². The Bertz CT molecular complexity index is 3420. The number of rotatable bonds is 5. The maximum absolute atomic E-state index is 13.9. The lowest BCUT2D eigenvalue weighted by atomic mass is 10.0. The van der Waals surface area contributed by atoms with Gasteiger partial charge in [-0.05, 0) is 103 Å². The lowest BCUT2D eigenvalue weighted by molar-refractivity contribution is 0.596. The van der Waals surface area contributed by atoms with Gasteiger partial charge in [0.2, 0.25) is 9.84 Å². The number of sulfone groups is 1. The van der Waals surface area contributed by atoms with Crippen molar-refractivity contribution in [1.29, 1.82) is 5.26 Å². The molecule has 1 aliphatic carbocycles. The van der Waals surface area contributed by atoms with E-state index in [2.05, 4.69) is 141 Å². The van der Waals surface area contributed by atoms with Gasteiger partial charge in [0.05, 0.1) is 49.2 Å². The minimum absolute atomic E-state index is 0.150. The first-order valence-electron chi connectivity index (χ1n) is 18.9. The molecule has 0 fully saturated rings. The van der Waals surface area contributed by atoms with Crippen LogP contribution in [0.15, 0.2) is 180 Å². The lowest BCUT2D eigenvalue weighted by Crippen LogP contribution is -2.05. The molecule has 6 nitrogen and oxygen atoms in total. The fourth-order valence-electron chi connectivity index (χ4n) is 8.89. The fraction of sp³-hybridized carbons (Fsp3) is 0.0200. The van der Waals surface area contributed by atoms with Gasteiger partial charge in [-0.25, -0.2) is 8.42 Å². The first kappa shape index (κ1) is 33.0. The SMILES string of the molecule is N#Cc1ccc(S(=O)(=O)c2ccc(-n3c4c(c5ccc6c(c7ccccc7n6-c6ccccc6)c53)C=Cc3c(c5ccccc5n3-c3ccccc3)C4)cc2)cc1. The molecule has 0 atom stereocenters. The highest BCUT2D eigenvalue weighted by atomic mass is 32.2. The van der Waals surface area contributed by atoms with E-state index in [1.807, 2.05) is 24.3 Å². The molecule has 0 radical (unpaired) electrons. The van der Waals surface area contributed by atoms with E-state index in [1.54, 1.807) is 12.1 Å². The molecule has 11 rings (SSSR count). The molecule has 0 saturated carbocycles. The van der Waals surface area contributed by atoms with Crippen molar-refractivity contribution in [2.75, 3.05) is 0 Å². The van der Waals surface area contributed by atoms with Gasteiger partial charge < -0.3 is 13.7 Å². The minimum atomic E-state index is -3.83. The zero-order chi connectivity index (χ0) is 38.3. The van der Waals surface area contributed by atoms with Crippen LogP contribution >= 0.6 is 0 Å². The van der Waals surface area contributed by atoms with E-state index in [9.17, 15) is 13.7 Å². The number of para-hydroxylation sites is 4. The minimum Gasteiger partial charge on any atom is -0.312 e. The summed E-state index contributed by atoms with van der Waals surface area (Å²) in [7, 11) is -3.83. The Kier molecular flexibility index (Phi) is 7.27. The third-order valence-corrected chi connectivity index (χ3v) is 13.2. The Labute approximate surface area is 328 Å². The molecule has 0 unspecified atom stereocenters. The maximum atomic E-state index is 13.9. The summed E-state index contributed by atoms with van der Waals surface area (Å²) in [5.74, 6) is 0. The summed E-state index contributed by atoms with van der Waals surface area (Å²) in [6.45, 7) is 0. The molecule has 0 amide bonds. The molecule has 1 aliphatic rings. The maximum Gasteiger partial charge on any atom is 0.206 e. The van der Waals surface area contributed by atoms with E-state index in [0.717, 1.165) is 72.2 Å². The monoisotopic (exact) mass is 752 g/mol. The highest BCUT2D eigenvalue weighted by Crippen LogP contribution is 2.45. The average molecular weight is 753 g/mol. The second-order valence-corrected chi connectivity index (χ2v) is 16.4. The molecule has 7 heteroatoms. The van der Waals surface area contributed by atoms with Crippen molar-refractivity contribution in [2.45, 2.75) is 16.2 Å². The fourth-order valence-corrected chi connectivity index (χ4v) is 10.2. The van der Waals surface area contributed by atoms with Crippen molar-refractivity contribution in [1.82, 2.24) is 13.7 Å². The molecular weight excluding hydrogens is 721 g/mol. The Hall–Kier alpha value is -7.40. The summed E-state index contributed by atoms with van der Waals surface area (Å²) in [6, 6.07) is 58.0. The summed E-state index contributed by atoms with van der Waals surface area (Å²) < 4.78 is 34.8. The molecule has 0 spiro atoms. The van der Waals surface area contributed by atoms with E-state index in [4.69, 9.17) is 0 Å². The largest absolute Gasteiger partial charge is 0.312 e. The van der Waals surface area contributed by atoms with Gasteiger partial charge in [-0.1, -0.05) is 84.9 Å². The summed E-state index contributed by atoms with van der Waals surface area (Å²) in [6.07, 6.45) is 5.18. The second kappa shape index (κ2) is 12.6. The number of nitrogens with zero attached hydrogens (tertiary/aromatic N) is 4. The normalized spacial score (nSPS) is 12.5. The van der Waals surface area contributed by atoms with Gasteiger partial charge in [0.25, 0.3) is 0 Å². The van der Waals surface area contributed by atoms with Crippen LogP contribution in [-0.4, -0.2) is 22.1 Å². The molecule has 0 saturated heterocycles. The Morgan fingerprint density at radius 2 is 1.05 bits per heavy atom. The quantitative estimate of drug-likeness (QED) is 0.176. The van der Waals surface area contributed by atoms with Gasteiger partial charge in [-0.15, -0.1) is 0 Å². The van der Waals surface area contributed by atoms with Crippen molar-refractivity contribution in [2.24, 2.45) is 0 Å². The van der Waals surface area contributed by atoms with Crippen molar-refractivity contribution in [3.63, 3.8) is 0 Å². The second-order valence-electron chi connectivity index (χ2n) is 14.4. The van der Waals surface area contributed by atoms with E-state index in [1.165, 1.54) is 35.2 Å². The topological polar surface area (TPSA) is 72.7 Å². The van der Waals surface area contributed by atoms with Crippen LogP contribution in [-0.2, 0) is 16.3 Å². The molecule has 0 N–H and O–H groups in total. The van der Waals surface area contributed by atoms with Crippen LogP contribution < -0.4 is 0 Å². The Balaban J connectivity index is 1.20.